The van der Waals surface area contributed by atoms with Gasteiger partial charge in [0.25, 0.3) is 5.56 Å². The molecule has 8 heteroatoms. The third-order valence-corrected chi connectivity index (χ3v) is 6.06. The Bertz CT molecular complexity index is 916. The van der Waals surface area contributed by atoms with Crippen molar-refractivity contribution in [1.29, 1.82) is 0 Å². The molecular formula is C19H25N3O4S. The fraction of sp³-hybridized carbons (Fsp3) is 0.579. The standard InChI is InChI=1S/C19H25N3O4S/c1-11(2)9-13(19(25)26)21-15(23)7-8-22-10-20-17-16(18(22)24)12-5-3-4-6-14(12)27-17/h10-11,13H,3-9H2,1-2H3,(H,21,23)(H,25,26). The highest BCUT2D eigenvalue weighted by Crippen LogP contribution is 2.33. The van der Waals surface area contributed by atoms with Crippen molar-refractivity contribution >= 4 is 33.4 Å². The lowest BCUT2D eigenvalue weighted by Gasteiger charge is -2.16. The van der Waals surface area contributed by atoms with E-state index in [-0.39, 0.29) is 30.3 Å². The number of thiophene rings is 1. The van der Waals surface area contributed by atoms with Crippen molar-refractivity contribution in [2.24, 2.45) is 5.92 Å². The highest BCUT2D eigenvalue weighted by Gasteiger charge is 2.22. The number of aliphatic carboxylic acids is 1. The van der Waals surface area contributed by atoms with Gasteiger partial charge in [-0.15, -0.1) is 11.3 Å². The second-order valence-corrected chi connectivity index (χ2v) is 8.56. The Kier molecular flexibility index (Phi) is 5.94. The zero-order valence-electron chi connectivity index (χ0n) is 15.7. The van der Waals surface area contributed by atoms with Crippen LogP contribution in [0, 0.1) is 5.92 Å². The first kappa shape index (κ1) is 19.5. The van der Waals surface area contributed by atoms with Gasteiger partial charge in [-0.25, -0.2) is 9.78 Å². The van der Waals surface area contributed by atoms with Crippen molar-refractivity contribution in [1.82, 2.24) is 14.9 Å². The van der Waals surface area contributed by atoms with Crippen LogP contribution >= 0.6 is 11.3 Å². The average molecular weight is 391 g/mol. The Hall–Kier alpha value is -2.22. The topological polar surface area (TPSA) is 101 Å². The molecule has 1 atom stereocenters. The number of fused-ring (bicyclic) bond motifs is 3. The molecule has 2 aromatic rings. The lowest BCUT2D eigenvalue weighted by Crippen LogP contribution is -2.42. The third kappa shape index (κ3) is 4.37. The highest BCUT2D eigenvalue weighted by atomic mass is 32.1. The molecule has 0 bridgehead atoms. The van der Waals surface area contributed by atoms with Crippen LogP contribution in [0.3, 0.4) is 0 Å². The van der Waals surface area contributed by atoms with Gasteiger partial charge in [-0.3, -0.25) is 14.2 Å². The van der Waals surface area contributed by atoms with Crippen LogP contribution in [0.15, 0.2) is 11.1 Å². The quantitative estimate of drug-likeness (QED) is 0.754. The smallest absolute Gasteiger partial charge is 0.326 e. The van der Waals surface area contributed by atoms with Gasteiger partial charge in [0.2, 0.25) is 5.91 Å². The maximum Gasteiger partial charge on any atom is 0.326 e. The first-order chi connectivity index (χ1) is 12.9. The van der Waals surface area contributed by atoms with E-state index >= 15 is 0 Å². The normalized spacial score (nSPS) is 14.9. The van der Waals surface area contributed by atoms with Gasteiger partial charge in [-0.2, -0.15) is 0 Å². The summed E-state index contributed by atoms with van der Waals surface area (Å²) in [5.74, 6) is -1.25. The predicted molar refractivity (Wildman–Crippen MR) is 104 cm³/mol. The van der Waals surface area contributed by atoms with Gasteiger partial charge in [0.1, 0.15) is 10.9 Å². The number of nitrogens with one attached hydrogen (secondary N) is 1. The van der Waals surface area contributed by atoms with E-state index in [0.29, 0.717) is 11.8 Å². The molecule has 0 saturated carbocycles. The van der Waals surface area contributed by atoms with E-state index < -0.39 is 12.0 Å². The number of carbonyl (C=O) groups excluding carboxylic acids is 1. The van der Waals surface area contributed by atoms with Crippen LogP contribution in [0.5, 0.6) is 0 Å². The third-order valence-electron chi connectivity index (χ3n) is 4.86. The van der Waals surface area contributed by atoms with Gasteiger partial charge >= 0.3 is 5.97 Å². The van der Waals surface area contributed by atoms with Crippen LogP contribution in [0.4, 0.5) is 0 Å². The van der Waals surface area contributed by atoms with Crippen LogP contribution in [0.1, 0.15) is 50.0 Å². The molecule has 0 aliphatic heterocycles. The van der Waals surface area contributed by atoms with Crippen molar-refractivity contribution in [3.63, 3.8) is 0 Å². The summed E-state index contributed by atoms with van der Waals surface area (Å²) in [6.07, 6.45) is 6.05. The lowest BCUT2D eigenvalue weighted by molar-refractivity contribution is -0.142. The number of amides is 1. The summed E-state index contributed by atoms with van der Waals surface area (Å²) in [7, 11) is 0. The Labute approximate surface area is 161 Å². The number of nitrogens with zero attached hydrogens (tertiary/aromatic N) is 2. The number of carboxylic acid groups (broad SMARTS) is 1. The largest absolute Gasteiger partial charge is 0.480 e. The van der Waals surface area contributed by atoms with Gasteiger partial charge in [0.15, 0.2) is 0 Å². The summed E-state index contributed by atoms with van der Waals surface area (Å²) in [5, 5.41) is 12.5. The summed E-state index contributed by atoms with van der Waals surface area (Å²) in [4.78, 5) is 42.7. The van der Waals surface area contributed by atoms with Crippen LogP contribution in [-0.4, -0.2) is 32.6 Å². The molecule has 3 rings (SSSR count). The zero-order valence-corrected chi connectivity index (χ0v) is 16.5. The molecule has 0 spiro atoms. The molecular weight excluding hydrogens is 366 g/mol. The summed E-state index contributed by atoms with van der Waals surface area (Å²) in [6.45, 7) is 4.00. The van der Waals surface area contributed by atoms with Crippen LogP contribution in [0.25, 0.3) is 10.2 Å². The van der Waals surface area contributed by atoms with E-state index in [2.05, 4.69) is 10.3 Å². The molecule has 2 heterocycles. The van der Waals surface area contributed by atoms with Crippen molar-refractivity contribution in [3.8, 4) is 0 Å². The maximum absolute atomic E-state index is 12.9. The van der Waals surface area contributed by atoms with Gasteiger partial charge in [0.05, 0.1) is 11.7 Å². The van der Waals surface area contributed by atoms with Crippen molar-refractivity contribution in [3.05, 3.63) is 27.1 Å². The molecule has 1 aliphatic rings. The van der Waals surface area contributed by atoms with Crippen molar-refractivity contribution < 1.29 is 14.7 Å². The van der Waals surface area contributed by atoms with Crippen molar-refractivity contribution in [2.45, 2.75) is 65.0 Å². The number of aromatic nitrogens is 2. The summed E-state index contributed by atoms with van der Waals surface area (Å²) < 4.78 is 1.46. The number of hydrogen-bond donors (Lipinski definition) is 2. The van der Waals surface area contributed by atoms with E-state index in [1.54, 1.807) is 11.3 Å². The monoisotopic (exact) mass is 391 g/mol. The van der Waals surface area contributed by atoms with Gasteiger partial charge < -0.3 is 10.4 Å². The predicted octanol–water partition coefficient (Wildman–Crippen LogP) is 2.34. The molecule has 0 fully saturated rings. The number of carboxylic acids is 1. The van der Waals surface area contributed by atoms with Gasteiger partial charge in [0, 0.05) is 17.8 Å². The van der Waals surface area contributed by atoms with E-state index in [1.807, 2.05) is 13.8 Å². The SMILES string of the molecule is CC(C)CC(NC(=O)CCn1cnc2sc3c(c2c1=O)CCCC3)C(=O)O. The molecule has 27 heavy (non-hydrogen) atoms. The van der Waals surface area contributed by atoms with E-state index in [0.717, 1.165) is 36.1 Å². The summed E-state index contributed by atoms with van der Waals surface area (Å²) >= 11 is 1.60. The minimum Gasteiger partial charge on any atom is -0.480 e. The number of hydrogen-bond acceptors (Lipinski definition) is 5. The second kappa shape index (κ2) is 8.21. The van der Waals surface area contributed by atoms with Gasteiger partial charge in [-0.1, -0.05) is 13.8 Å². The van der Waals surface area contributed by atoms with E-state index in [9.17, 15) is 19.5 Å². The Morgan fingerprint density at radius 2 is 2.07 bits per heavy atom. The molecule has 0 radical (unpaired) electrons. The summed E-state index contributed by atoms with van der Waals surface area (Å²) in [6, 6.07) is -0.904. The minimum atomic E-state index is -1.04. The van der Waals surface area contributed by atoms with Crippen LogP contribution in [0.2, 0.25) is 0 Å². The zero-order chi connectivity index (χ0) is 19.6. The number of rotatable bonds is 7. The molecule has 2 aromatic heterocycles. The van der Waals surface area contributed by atoms with E-state index in [1.165, 1.54) is 15.8 Å². The fourth-order valence-electron chi connectivity index (χ4n) is 3.52. The van der Waals surface area contributed by atoms with Crippen molar-refractivity contribution in [2.75, 3.05) is 0 Å². The Balaban J connectivity index is 1.71. The minimum absolute atomic E-state index is 0.0430. The molecule has 7 nitrogen and oxygen atoms in total. The fourth-order valence-corrected chi connectivity index (χ4v) is 4.74. The molecule has 0 saturated heterocycles. The van der Waals surface area contributed by atoms with Crippen LogP contribution < -0.4 is 10.9 Å². The molecule has 1 unspecified atom stereocenters. The lowest BCUT2D eigenvalue weighted by atomic mass is 9.97. The maximum atomic E-state index is 12.9. The Morgan fingerprint density at radius 1 is 1.33 bits per heavy atom. The van der Waals surface area contributed by atoms with Gasteiger partial charge in [-0.05, 0) is 43.6 Å². The molecule has 0 aromatic carbocycles. The van der Waals surface area contributed by atoms with E-state index in [4.69, 9.17) is 0 Å². The summed E-state index contributed by atoms with van der Waals surface area (Å²) in [5.41, 5.74) is 1.02. The molecule has 146 valence electrons. The number of carbonyl (C=O) groups is 2. The first-order valence-corrected chi connectivity index (χ1v) is 10.2. The van der Waals surface area contributed by atoms with Crippen LogP contribution in [-0.2, 0) is 29.0 Å². The molecule has 1 aliphatic carbocycles. The molecule has 1 amide bonds. The Morgan fingerprint density at radius 3 is 2.78 bits per heavy atom. The second-order valence-electron chi connectivity index (χ2n) is 7.47. The highest BCUT2D eigenvalue weighted by molar-refractivity contribution is 7.18. The number of aryl methyl sites for hydroxylation is 3. The molecule has 2 N–H and O–H groups in total. The average Bonchev–Trinajstić information content (AvgIpc) is 2.99. The first-order valence-electron chi connectivity index (χ1n) is 9.38.